The van der Waals surface area contributed by atoms with Gasteiger partial charge in [0.2, 0.25) is 5.91 Å². The first-order valence-electron chi connectivity index (χ1n) is 20.0. The zero-order valence-electron chi connectivity index (χ0n) is 32.9. The number of carbonyl (C=O) groups excluding carboxylic acids is 1. The van der Waals surface area contributed by atoms with Crippen LogP contribution in [0.3, 0.4) is 0 Å². The molecule has 9 heteroatoms. The molecule has 1 amide bonds. The molecule has 8 nitrogen and oxygen atoms in total. The lowest BCUT2D eigenvalue weighted by Crippen LogP contribution is -2.46. The van der Waals surface area contributed by atoms with Crippen molar-refractivity contribution >= 4 is 13.7 Å². The molecule has 0 saturated carbocycles. The molecule has 0 aliphatic heterocycles. The first kappa shape index (κ1) is 48.5. The molecule has 3 unspecified atom stereocenters. The quantitative estimate of drug-likeness (QED) is 0.0260. The van der Waals surface area contributed by atoms with E-state index in [1.165, 1.54) is 51.4 Å². The second-order valence-corrected chi connectivity index (χ2v) is 16.1. The summed E-state index contributed by atoms with van der Waals surface area (Å²) in [5, 5.41) is 13.9. The topological polar surface area (TPSA) is 105 Å². The minimum absolute atomic E-state index is 0.0673. The number of allylic oxidation sites excluding steroid dienone is 8. The molecular formula is C41H78N2O6P+. The highest BCUT2D eigenvalue weighted by Gasteiger charge is 2.28. The van der Waals surface area contributed by atoms with Gasteiger partial charge in [0.05, 0.1) is 39.9 Å². The Bertz CT molecular complexity index is 959. The van der Waals surface area contributed by atoms with Gasteiger partial charge < -0.3 is 19.8 Å². The van der Waals surface area contributed by atoms with Crippen LogP contribution >= 0.6 is 7.82 Å². The number of quaternary nitrogens is 1. The van der Waals surface area contributed by atoms with Gasteiger partial charge in [0.1, 0.15) is 13.2 Å². The minimum atomic E-state index is -4.31. The van der Waals surface area contributed by atoms with E-state index in [-0.39, 0.29) is 19.1 Å². The minimum Gasteiger partial charge on any atom is -0.391 e. The number of nitrogens with zero attached hydrogens (tertiary/aromatic N) is 1. The fraction of sp³-hybridized carbons (Fsp3) is 0.780. The van der Waals surface area contributed by atoms with E-state index in [1.807, 2.05) is 21.1 Å². The van der Waals surface area contributed by atoms with Gasteiger partial charge in [0.25, 0.3) is 0 Å². The molecule has 0 bridgehead atoms. The molecule has 0 aromatic carbocycles. The van der Waals surface area contributed by atoms with E-state index in [0.29, 0.717) is 23.9 Å². The first-order chi connectivity index (χ1) is 24.0. The highest BCUT2D eigenvalue weighted by molar-refractivity contribution is 7.47. The SMILES string of the molecule is CC/C=C\C/C=C\C/C=C\C/C=C\CCCCCCC(=O)NC(COP(=O)(O)OCC[N+](C)(C)C)C(O)CCCCCCCCCCCCC. The summed E-state index contributed by atoms with van der Waals surface area (Å²) in [6.45, 7) is 4.72. The molecule has 3 N–H and O–H groups in total. The van der Waals surface area contributed by atoms with Crippen LogP contribution in [-0.2, 0) is 18.4 Å². The molecule has 3 atom stereocenters. The molecule has 0 aromatic heterocycles. The Kier molecular flexibility index (Phi) is 32.3. The molecule has 0 heterocycles. The van der Waals surface area contributed by atoms with Crippen LogP contribution in [0.25, 0.3) is 0 Å². The van der Waals surface area contributed by atoms with Crippen LogP contribution in [-0.4, -0.2) is 73.4 Å². The first-order valence-corrected chi connectivity index (χ1v) is 21.5. The van der Waals surface area contributed by atoms with Gasteiger partial charge in [-0.05, 0) is 51.4 Å². The summed E-state index contributed by atoms with van der Waals surface area (Å²) in [5.74, 6) is -0.172. The van der Waals surface area contributed by atoms with Crippen molar-refractivity contribution in [2.24, 2.45) is 0 Å². The monoisotopic (exact) mass is 726 g/mol. The number of phosphoric acid groups is 1. The zero-order chi connectivity index (χ0) is 37.2. The van der Waals surface area contributed by atoms with Gasteiger partial charge in [0, 0.05) is 6.42 Å². The second kappa shape index (κ2) is 33.3. The highest BCUT2D eigenvalue weighted by Crippen LogP contribution is 2.43. The van der Waals surface area contributed by atoms with Crippen LogP contribution < -0.4 is 5.32 Å². The third-order valence-corrected chi connectivity index (χ3v) is 9.58. The van der Waals surface area contributed by atoms with Crippen molar-refractivity contribution in [1.29, 1.82) is 0 Å². The number of nitrogens with one attached hydrogen (secondary N) is 1. The second-order valence-electron chi connectivity index (χ2n) is 14.6. The molecule has 0 aliphatic carbocycles. The average molecular weight is 726 g/mol. The van der Waals surface area contributed by atoms with E-state index in [0.717, 1.165) is 77.0 Å². The van der Waals surface area contributed by atoms with E-state index < -0.39 is 20.0 Å². The number of hydrogen-bond donors (Lipinski definition) is 3. The number of phosphoric ester groups is 1. The summed E-state index contributed by atoms with van der Waals surface area (Å²) in [4.78, 5) is 23.0. The van der Waals surface area contributed by atoms with E-state index in [2.05, 4.69) is 67.8 Å². The van der Waals surface area contributed by atoms with E-state index in [1.54, 1.807) is 0 Å². The number of carbonyl (C=O) groups is 1. The Morgan fingerprint density at radius 2 is 1.20 bits per heavy atom. The number of hydrogen-bond acceptors (Lipinski definition) is 5. The van der Waals surface area contributed by atoms with Crippen molar-refractivity contribution < 1.29 is 32.9 Å². The van der Waals surface area contributed by atoms with Gasteiger partial charge in [-0.1, -0.05) is 146 Å². The molecule has 292 valence electrons. The van der Waals surface area contributed by atoms with Crippen molar-refractivity contribution in [2.45, 2.75) is 167 Å². The molecule has 0 spiro atoms. The largest absolute Gasteiger partial charge is 0.472 e. The van der Waals surface area contributed by atoms with Crippen LogP contribution in [0.15, 0.2) is 48.6 Å². The summed E-state index contributed by atoms with van der Waals surface area (Å²) in [5.41, 5.74) is 0. The van der Waals surface area contributed by atoms with Gasteiger partial charge >= 0.3 is 7.82 Å². The maximum Gasteiger partial charge on any atom is 0.472 e. The Morgan fingerprint density at radius 1 is 0.700 bits per heavy atom. The normalized spacial score (nSPS) is 15.1. The van der Waals surface area contributed by atoms with Crippen molar-refractivity contribution in [3.63, 3.8) is 0 Å². The van der Waals surface area contributed by atoms with Gasteiger partial charge in [-0.15, -0.1) is 0 Å². The summed E-state index contributed by atoms with van der Waals surface area (Å²) >= 11 is 0. The fourth-order valence-corrected chi connectivity index (χ4v) is 6.12. The van der Waals surface area contributed by atoms with Crippen LogP contribution in [0.5, 0.6) is 0 Å². The van der Waals surface area contributed by atoms with Gasteiger partial charge in [-0.3, -0.25) is 13.8 Å². The number of aliphatic hydroxyl groups is 1. The molecule has 0 rings (SSSR count). The lowest BCUT2D eigenvalue weighted by molar-refractivity contribution is -0.870. The fourth-order valence-electron chi connectivity index (χ4n) is 5.39. The summed E-state index contributed by atoms with van der Waals surface area (Å²) in [6, 6.07) is -0.772. The number of unbranched alkanes of at least 4 members (excludes halogenated alkanes) is 14. The van der Waals surface area contributed by atoms with E-state index in [4.69, 9.17) is 9.05 Å². The van der Waals surface area contributed by atoms with Crippen molar-refractivity contribution in [3.8, 4) is 0 Å². The van der Waals surface area contributed by atoms with Crippen LogP contribution in [0.4, 0.5) is 0 Å². The predicted molar refractivity (Wildman–Crippen MR) is 212 cm³/mol. The Labute approximate surface area is 308 Å². The third-order valence-electron chi connectivity index (χ3n) is 8.59. The molecule has 0 saturated heterocycles. The van der Waals surface area contributed by atoms with Crippen LogP contribution in [0.2, 0.25) is 0 Å². The van der Waals surface area contributed by atoms with Crippen LogP contribution in [0, 0.1) is 0 Å². The maximum atomic E-state index is 12.8. The maximum absolute atomic E-state index is 12.8. The Hall–Kier alpha value is -1.54. The third kappa shape index (κ3) is 34.9. The Balaban J connectivity index is 4.48. The smallest absolute Gasteiger partial charge is 0.391 e. The lowest BCUT2D eigenvalue weighted by Gasteiger charge is -2.26. The number of likely N-dealkylation sites (N-methyl/N-ethyl adjacent to an activating group) is 1. The van der Waals surface area contributed by atoms with Crippen LogP contribution in [0.1, 0.15) is 155 Å². The van der Waals surface area contributed by atoms with Crippen molar-refractivity contribution in [2.75, 3.05) is 40.9 Å². The number of amides is 1. The lowest BCUT2D eigenvalue weighted by atomic mass is 10.0. The average Bonchev–Trinajstić information content (AvgIpc) is 3.06. The molecule has 0 radical (unpaired) electrons. The van der Waals surface area contributed by atoms with E-state index >= 15 is 0 Å². The van der Waals surface area contributed by atoms with Gasteiger partial charge in [0.15, 0.2) is 0 Å². The Morgan fingerprint density at radius 3 is 1.76 bits per heavy atom. The summed E-state index contributed by atoms with van der Waals surface area (Å²) in [6.07, 6.45) is 39.9. The standard InChI is InChI=1S/C41H77N2O6P/c1-6-8-10-12-14-16-18-19-20-21-22-23-25-27-29-31-33-35-41(45)42-39(38-49-50(46,47)48-37-36-43(3,4)5)40(44)34-32-30-28-26-24-17-15-13-11-9-7-2/h8,10,14,16,19-20,22-23,39-40,44H,6-7,9,11-13,15,17-18,21,24-38H2,1-5H3,(H-,42,45,46,47)/p+1/b10-8-,16-14-,20-19-,23-22-. The zero-order valence-corrected chi connectivity index (χ0v) is 33.8. The highest BCUT2D eigenvalue weighted by atomic mass is 31.2. The van der Waals surface area contributed by atoms with Gasteiger partial charge in [-0.2, -0.15) is 0 Å². The predicted octanol–water partition coefficient (Wildman–Crippen LogP) is 10.5. The number of aliphatic hydroxyl groups excluding tert-OH is 1. The molecular weight excluding hydrogens is 647 g/mol. The van der Waals surface area contributed by atoms with Crippen molar-refractivity contribution in [3.05, 3.63) is 48.6 Å². The molecule has 0 aliphatic rings. The molecule has 0 fully saturated rings. The summed E-state index contributed by atoms with van der Waals surface area (Å²) in [7, 11) is 1.59. The molecule has 0 aromatic rings. The van der Waals surface area contributed by atoms with E-state index in [9.17, 15) is 19.4 Å². The number of rotatable bonds is 35. The van der Waals surface area contributed by atoms with Crippen molar-refractivity contribution in [1.82, 2.24) is 5.32 Å². The molecule has 50 heavy (non-hydrogen) atoms. The van der Waals surface area contributed by atoms with Gasteiger partial charge in [-0.25, -0.2) is 4.57 Å². The summed E-state index contributed by atoms with van der Waals surface area (Å²) < 4.78 is 23.5.